The van der Waals surface area contributed by atoms with Crippen molar-refractivity contribution >= 4 is 5.88 Å². The number of aromatic nitrogens is 1. The van der Waals surface area contributed by atoms with Crippen LogP contribution in [-0.2, 0) is 12.8 Å². The Hall–Kier alpha value is -0.990. The van der Waals surface area contributed by atoms with Crippen LogP contribution >= 0.6 is 0 Å². The van der Waals surface area contributed by atoms with Crippen molar-refractivity contribution in [2.45, 2.75) is 52.9 Å². The number of hydrogen-bond acceptors (Lipinski definition) is 3. The minimum atomic E-state index is 0.509. The molecule has 1 heterocycles. The first-order valence-electron chi connectivity index (χ1n) is 5.88. The third kappa shape index (κ3) is 3.57. The summed E-state index contributed by atoms with van der Waals surface area (Å²) in [5.41, 5.74) is 7.96. The first kappa shape index (κ1) is 12.1. The molecule has 0 aromatic carbocycles. The van der Waals surface area contributed by atoms with Gasteiger partial charge >= 0.3 is 0 Å². The van der Waals surface area contributed by atoms with Gasteiger partial charge in [-0.3, -0.25) is 0 Å². The summed E-state index contributed by atoms with van der Waals surface area (Å²) in [4.78, 5) is 0. The summed E-state index contributed by atoms with van der Waals surface area (Å²) in [6.07, 6.45) is 5.61. The van der Waals surface area contributed by atoms with Crippen molar-refractivity contribution in [3.8, 4) is 0 Å². The van der Waals surface area contributed by atoms with Gasteiger partial charge in [-0.2, -0.15) is 0 Å². The van der Waals surface area contributed by atoms with E-state index in [0.29, 0.717) is 11.8 Å². The van der Waals surface area contributed by atoms with Crippen molar-refractivity contribution in [1.29, 1.82) is 0 Å². The first-order chi connectivity index (χ1) is 7.15. The van der Waals surface area contributed by atoms with Crippen molar-refractivity contribution in [1.82, 2.24) is 5.16 Å². The fraction of sp³-hybridized carbons (Fsp3) is 0.750. The van der Waals surface area contributed by atoms with Crippen molar-refractivity contribution < 1.29 is 4.52 Å². The third-order valence-corrected chi connectivity index (χ3v) is 2.53. The highest BCUT2D eigenvalue weighted by molar-refractivity contribution is 5.39. The summed E-state index contributed by atoms with van der Waals surface area (Å²) >= 11 is 0. The maximum Gasteiger partial charge on any atom is 0.225 e. The van der Waals surface area contributed by atoms with E-state index >= 15 is 0 Å². The largest absolute Gasteiger partial charge is 0.367 e. The molecule has 0 spiro atoms. The molecule has 0 saturated carbocycles. The predicted octanol–water partition coefficient (Wildman–Crippen LogP) is 3.19. The highest BCUT2D eigenvalue weighted by atomic mass is 16.5. The van der Waals surface area contributed by atoms with Gasteiger partial charge in [-0.05, 0) is 25.2 Å². The number of anilines is 1. The summed E-state index contributed by atoms with van der Waals surface area (Å²) in [6, 6.07) is 0. The van der Waals surface area contributed by atoms with Crippen LogP contribution in [0, 0.1) is 5.92 Å². The normalized spacial score (nSPS) is 11.2. The number of nitrogens with two attached hydrogens (primary N) is 1. The molecule has 0 fully saturated rings. The van der Waals surface area contributed by atoms with Gasteiger partial charge in [0, 0.05) is 5.56 Å². The van der Waals surface area contributed by atoms with Crippen LogP contribution in [0.1, 0.15) is 51.3 Å². The van der Waals surface area contributed by atoms with E-state index in [2.05, 4.69) is 25.9 Å². The Kier molecular flexibility index (Phi) is 4.66. The number of nitrogen functional groups attached to an aromatic ring is 1. The number of unbranched alkanes of at least 4 members (excludes halogenated alkanes) is 2. The lowest BCUT2D eigenvalue weighted by atomic mass is 10.0. The Labute approximate surface area is 92.0 Å². The SMILES string of the molecule is CCCCCc1noc(N)c1CC(C)C. The molecule has 1 rings (SSSR count). The average Bonchev–Trinajstić information content (AvgIpc) is 2.49. The summed E-state index contributed by atoms with van der Waals surface area (Å²) in [5, 5.41) is 4.04. The molecule has 0 unspecified atom stereocenters. The van der Waals surface area contributed by atoms with Crippen LogP contribution < -0.4 is 5.73 Å². The van der Waals surface area contributed by atoms with E-state index in [9.17, 15) is 0 Å². The predicted molar refractivity (Wildman–Crippen MR) is 62.7 cm³/mol. The Morgan fingerprint density at radius 1 is 1.33 bits per heavy atom. The minimum Gasteiger partial charge on any atom is -0.367 e. The van der Waals surface area contributed by atoms with Gasteiger partial charge in [-0.1, -0.05) is 38.8 Å². The highest BCUT2D eigenvalue weighted by Gasteiger charge is 2.14. The van der Waals surface area contributed by atoms with Crippen molar-refractivity contribution in [3.63, 3.8) is 0 Å². The van der Waals surface area contributed by atoms with Gasteiger partial charge in [0.25, 0.3) is 0 Å². The maximum absolute atomic E-state index is 5.76. The maximum atomic E-state index is 5.76. The van der Waals surface area contributed by atoms with Crippen LogP contribution in [0.3, 0.4) is 0 Å². The Bertz CT molecular complexity index is 292. The van der Waals surface area contributed by atoms with Gasteiger partial charge in [0.1, 0.15) is 0 Å². The van der Waals surface area contributed by atoms with E-state index in [0.717, 1.165) is 24.1 Å². The topological polar surface area (TPSA) is 52.0 Å². The minimum absolute atomic E-state index is 0.509. The smallest absolute Gasteiger partial charge is 0.225 e. The second kappa shape index (κ2) is 5.79. The standard InChI is InChI=1S/C12H22N2O/c1-4-5-6-7-11-10(8-9(2)3)12(13)15-14-11/h9H,4-8,13H2,1-3H3. The number of nitrogens with zero attached hydrogens (tertiary/aromatic N) is 1. The lowest BCUT2D eigenvalue weighted by molar-refractivity contribution is 0.425. The summed E-state index contributed by atoms with van der Waals surface area (Å²) in [5.74, 6) is 1.10. The molecule has 0 aliphatic heterocycles. The van der Waals surface area contributed by atoms with Gasteiger partial charge in [0.2, 0.25) is 5.88 Å². The molecule has 2 N–H and O–H groups in total. The van der Waals surface area contributed by atoms with Crippen LogP contribution in [0.4, 0.5) is 5.88 Å². The number of aryl methyl sites for hydroxylation is 1. The Morgan fingerprint density at radius 2 is 2.07 bits per heavy atom. The average molecular weight is 210 g/mol. The molecule has 0 saturated heterocycles. The zero-order valence-corrected chi connectivity index (χ0v) is 10.0. The summed E-state index contributed by atoms with van der Waals surface area (Å²) in [7, 11) is 0. The third-order valence-electron chi connectivity index (χ3n) is 2.53. The van der Waals surface area contributed by atoms with E-state index in [-0.39, 0.29) is 0 Å². The van der Waals surface area contributed by atoms with Gasteiger partial charge in [-0.25, -0.2) is 0 Å². The highest BCUT2D eigenvalue weighted by Crippen LogP contribution is 2.21. The van der Waals surface area contributed by atoms with Crippen molar-refractivity contribution in [3.05, 3.63) is 11.3 Å². The van der Waals surface area contributed by atoms with E-state index in [1.54, 1.807) is 0 Å². The lowest BCUT2D eigenvalue weighted by Crippen LogP contribution is -2.00. The molecule has 3 nitrogen and oxygen atoms in total. The lowest BCUT2D eigenvalue weighted by Gasteiger charge is -2.04. The van der Waals surface area contributed by atoms with Crippen molar-refractivity contribution in [2.24, 2.45) is 5.92 Å². The summed E-state index contributed by atoms with van der Waals surface area (Å²) < 4.78 is 5.05. The van der Waals surface area contributed by atoms with E-state index < -0.39 is 0 Å². The van der Waals surface area contributed by atoms with Gasteiger partial charge in [-0.15, -0.1) is 0 Å². The molecule has 1 aromatic rings. The summed E-state index contributed by atoms with van der Waals surface area (Å²) in [6.45, 7) is 6.57. The van der Waals surface area contributed by atoms with Crippen LogP contribution in [0.25, 0.3) is 0 Å². The molecular weight excluding hydrogens is 188 g/mol. The second-order valence-corrected chi connectivity index (χ2v) is 4.53. The molecule has 3 heteroatoms. The molecule has 0 amide bonds. The molecule has 0 aliphatic rings. The molecule has 1 aromatic heterocycles. The van der Waals surface area contributed by atoms with E-state index in [4.69, 9.17) is 10.3 Å². The Morgan fingerprint density at radius 3 is 2.67 bits per heavy atom. The number of hydrogen-bond donors (Lipinski definition) is 1. The zero-order valence-electron chi connectivity index (χ0n) is 10.0. The first-order valence-corrected chi connectivity index (χ1v) is 5.88. The monoisotopic (exact) mass is 210 g/mol. The van der Waals surface area contributed by atoms with Gasteiger partial charge in [0.05, 0.1) is 5.69 Å². The molecule has 86 valence electrons. The van der Waals surface area contributed by atoms with E-state index in [1.807, 2.05) is 0 Å². The fourth-order valence-corrected chi connectivity index (χ4v) is 1.72. The molecule has 0 aliphatic carbocycles. The van der Waals surface area contributed by atoms with Crippen molar-refractivity contribution in [2.75, 3.05) is 5.73 Å². The molecule has 15 heavy (non-hydrogen) atoms. The molecule has 0 radical (unpaired) electrons. The zero-order chi connectivity index (χ0) is 11.3. The van der Waals surface area contributed by atoms with E-state index in [1.165, 1.54) is 19.3 Å². The fourth-order valence-electron chi connectivity index (χ4n) is 1.72. The molecule has 0 bridgehead atoms. The quantitative estimate of drug-likeness (QED) is 0.734. The van der Waals surface area contributed by atoms with Crippen LogP contribution in [0.5, 0.6) is 0 Å². The Balaban J connectivity index is 2.62. The van der Waals surface area contributed by atoms with Gasteiger partial charge in [0.15, 0.2) is 0 Å². The second-order valence-electron chi connectivity index (χ2n) is 4.53. The molecular formula is C12H22N2O. The van der Waals surface area contributed by atoms with Gasteiger partial charge < -0.3 is 10.3 Å². The number of rotatable bonds is 6. The van der Waals surface area contributed by atoms with Crippen LogP contribution in [0.2, 0.25) is 0 Å². The molecule has 0 atom stereocenters. The van der Waals surface area contributed by atoms with Crippen LogP contribution in [-0.4, -0.2) is 5.16 Å². The van der Waals surface area contributed by atoms with Crippen LogP contribution in [0.15, 0.2) is 4.52 Å².